The smallest absolute Gasteiger partial charge is 0.253 e. The zero-order valence-corrected chi connectivity index (χ0v) is 42.9. The molecule has 2 saturated heterocycles. The number of carbonyl (C=O) groups is 2. The number of hydrogen-bond donors (Lipinski definition) is 4. The molecule has 2 aliphatic heterocycles. The topological polar surface area (TPSA) is 264 Å². The quantitative estimate of drug-likeness (QED) is 0.0825. The monoisotopic (exact) mass is 1020 g/mol. The summed E-state index contributed by atoms with van der Waals surface area (Å²) in [5, 5.41) is 47.3. The number of nitrogen functional groups attached to an aromatic ring is 1. The predicted octanol–water partition coefficient (Wildman–Crippen LogP) is 5.48. The molecule has 9 rings (SSSR count). The van der Waals surface area contributed by atoms with Crippen molar-refractivity contribution in [3.05, 3.63) is 81.4 Å². The van der Waals surface area contributed by atoms with Gasteiger partial charge in [0.15, 0.2) is 0 Å². The Hall–Kier alpha value is -6.38. The number of thiazole rings is 1. The van der Waals surface area contributed by atoms with E-state index < -0.39 is 35.6 Å². The number of hydrogen-bond acceptors (Lipinski definition) is 19. The first kappa shape index (κ1) is 50.6. The largest absolute Gasteiger partial charge is 0.475 e. The molecule has 5 N–H and O–H groups in total. The number of aliphatic hydroxyl groups excluding tert-OH is 2. The zero-order valence-electron chi connectivity index (χ0n) is 41.3. The van der Waals surface area contributed by atoms with Crippen LogP contribution in [0.5, 0.6) is 5.88 Å². The van der Waals surface area contributed by atoms with Crippen LogP contribution >= 0.6 is 22.7 Å². The van der Waals surface area contributed by atoms with E-state index in [4.69, 9.17) is 25.0 Å². The summed E-state index contributed by atoms with van der Waals surface area (Å²) in [4.78, 5) is 55.0. The standard InChI is InChI=1S/C50H62N14O6S2/c1-29(2)42(47(68)63-25-34(66)22-38(63)46(67)55-37(27-65)32-11-13-33(14-12-32)43-31(4)54-28-71-43)64-26-40(58-60-64)69-21-7-6-18-61-19-9-20-62(30(3)24-61)49-53-17-15-36(56-49)45-57-48(70-59-45)50(5)16-8-10-39-41(50)35(23-51)44(52)72-39/h11-15,17,26,28-30,34,37-38,42,65-66H,6-10,16,18-22,24-25,27,52H2,1-5H3,(H,55,67)/t30-,34-,37+,38+,42+,50-/m0/s1. The summed E-state index contributed by atoms with van der Waals surface area (Å²) >= 11 is 3.02. The number of nitrogens with one attached hydrogen (secondary N) is 1. The van der Waals surface area contributed by atoms with Crippen LogP contribution in [0.15, 0.2) is 52.8 Å². The van der Waals surface area contributed by atoms with Gasteiger partial charge in [0.25, 0.3) is 5.88 Å². The molecular weight excluding hydrogens is 957 g/mol. The van der Waals surface area contributed by atoms with E-state index in [9.17, 15) is 25.1 Å². The molecule has 0 radical (unpaired) electrons. The summed E-state index contributed by atoms with van der Waals surface area (Å²) in [5.41, 5.74) is 12.0. The Kier molecular flexibility index (Phi) is 15.3. The number of ether oxygens (including phenoxy) is 1. The molecule has 0 saturated carbocycles. The summed E-state index contributed by atoms with van der Waals surface area (Å²) in [6.45, 7) is 13.4. The SMILES string of the molecule is Cc1ncsc1-c1ccc([C@@H](CO)NC(=O)[C@H]2C[C@H](O)CN2C(=O)[C@@H](C(C)C)n2cc(OCCCCN3CCCN(c4nccc(-c5noc([C@@]6(C)CCCc7sc(N)c(C#N)c76)n5)n4)[C@@H](C)C3)nn2)cc1. The van der Waals surface area contributed by atoms with Crippen LogP contribution in [0.3, 0.4) is 0 Å². The maximum Gasteiger partial charge on any atom is 0.253 e. The highest BCUT2D eigenvalue weighted by molar-refractivity contribution is 7.16. The van der Waals surface area contributed by atoms with Gasteiger partial charge in [-0.3, -0.25) is 9.59 Å². The number of unbranched alkanes of at least 4 members (excludes halogenated alkanes) is 1. The van der Waals surface area contributed by atoms with Crippen molar-refractivity contribution < 1.29 is 29.1 Å². The molecule has 3 aliphatic rings. The van der Waals surface area contributed by atoms with Crippen LogP contribution in [-0.2, 0) is 21.4 Å². The van der Waals surface area contributed by atoms with Crippen molar-refractivity contribution in [3.63, 3.8) is 0 Å². The fourth-order valence-corrected chi connectivity index (χ4v) is 12.4. The van der Waals surface area contributed by atoms with Gasteiger partial charge < -0.3 is 45.2 Å². The molecule has 6 atom stereocenters. The lowest BCUT2D eigenvalue weighted by molar-refractivity contribution is -0.142. The summed E-state index contributed by atoms with van der Waals surface area (Å²) in [6.07, 6.45) is 7.68. The number of amides is 2. The Morgan fingerprint density at radius 2 is 1.93 bits per heavy atom. The van der Waals surface area contributed by atoms with Crippen molar-refractivity contribution in [3.8, 4) is 33.9 Å². The van der Waals surface area contributed by atoms with E-state index in [1.807, 2.05) is 52.0 Å². The van der Waals surface area contributed by atoms with Gasteiger partial charge in [-0.15, -0.1) is 22.7 Å². The molecule has 0 bridgehead atoms. The van der Waals surface area contributed by atoms with Gasteiger partial charge in [-0.2, -0.15) is 10.2 Å². The molecule has 380 valence electrons. The molecule has 2 fully saturated rings. The highest BCUT2D eigenvalue weighted by atomic mass is 32.1. The Morgan fingerprint density at radius 1 is 1.11 bits per heavy atom. The van der Waals surface area contributed by atoms with E-state index in [0.29, 0.717) is 52.0 Å². The van der Waals surface area contributed by atoms with Gasteiger partial charge >= 0.3 is 0 Å². The Balaban J connectivity index is 0.754. The number of rotatable bonds is 17. The molecule has 72 heavy (non-hydrogen) atoms. The highest BCUT2D eigenvalue weighted by Gasteiger charge is 2.45. The number of aryl methyl sites for hydroxylation is 2. The average Bonchev–Trinajstić information content (AvgIpc) is 4.23. The van der Waals surface area contributed by atoms with E-state index in [1.165, 1.54) is 20.9 Å². The maximum atomic E-state index is 14.3. The van der Waals surface area contributed by atoms with Gasteiger partial charge in [-0.25, -0.2) is 19.6 Å². The fourth-order valence-electron chi connectivity index (χ4n) is 10.4. The number of carbonyl (C=O) groups excluding carboxylic acids is 2. The van der Waals surface area contributed by atoms with E-state index in [2.05, 4.69) is 53.5 Å². The van der Waals surface area contributed by atoms with E-state index >= 15 is 0 Å². The Bertz CT molecular complexity index is 2890. The minimum atomic E-state index is -0.943. The number of anilines is 2. The van der Waals surface area contributed by atoms with Crippen LogP contribution in [0.25, 0.3) is 22.0 Å². The molecule has 1 aromatic carbocycles. The van der Waals surface area contributed by atoms with E-state index in [0.717, 1.165) is 91.3 Å². The summed E-state index contributed by atoms with van der Waals surface area (Å²) < 4.78 is 13.4. The van der Waals surface area contributed by atoms with E-state index in [-0.39, 0.29) is 37.4 Å². The minimum absolute atomic E-state index is 0.0112. The van der Waals surface area contributed by atoms with Crippen LogP contribution in [-0.4, -0.2) is 136 Å². The number of likely N-dealkylation sites (tertiary alicyclic amines) is 1. The number of nitrogens with zero attached hydrogens (tertiary/aromatic N) is 12. The number of thiophene rings is 1. The normalized spacial score (nSPS) is 21.3. The first-order chi connectivity index (χ1) is 34.8. The molecule has 5 aromatic heterocycles. The molecule has 0 spiro atoms. The second-order valence-corrected chi connectivity index (χ2v) is 21.6. The third-order valence-corrected chi connectivity index (χ3v) is 16.2. The third-order valence-electron chi connectivity index (χ3n) is 14.2. The zero-order chi connectivity index (χ0) is 50.7. The lowest BCUT2D eigenvalue weighted by atomic mass is 9.72. The molecule has 6 aromatic rings. The minimum Gasteiger partial charge on any atom is -0.475 e. The lowest BCUT2D eigenvalue weighted by Gasteiger charge is -2.30. The lowest BCUT2D eigenvalue weighted by Crippen LogP contribution is -2.50. The van der Waals surface area contributed by atoms with Gasteiger partial charge in [0.1, 0.15) is 28.8 Å². The van der Waals surface area contributed by atoms with E-state index in [1.54, 1.807) is 35.3 Å². The predicted molar refractivity (Wildman–Crippen MR) is 271 cm³/mol. The summed E-state index contributed by atoms with van der Waals surface area (Å²) in [7, 11) is 0. The molecule has 22 heteroatoms. The van der Waals surface area contributed by atoms with Gasteiger partial charge in [-0.05, 0) is 95.5 Å². The molecule has 20 nitrogen and oxygen atoms in total. The Morgan fingerprint density at radius 3 is 2.68 bits per heavy atom. The molecule has 7 heterocycles. The molecule has 2 amide bonds. The molecule has 1 aliphatic carbocycles. The van der Waals surface area contributed by atoms with Crippen molar-refractivity contribution in [2.24, 2.45) is 5.92 Å². The van der Waals surface area contributed by atoms with Crippen LogP contribution < -0.4 is 20.7 Å². The van der Waals surface area contributed by atoms with Crippen molar-refractivity contribution in [2.45, 2.75) is 115 Å². The van der Waals surface area contributed by atoms with Gasteiger partial charge in [-0.1, -0.05) is 53.6 Å². The van der Waals surface area contributed by atoms with Crippen molar-refractivity contribution in [2.75, 3.05) is 56.6 Å². The second kappa shape index (κ2) is 21.8. The number of benzene rings is 1. The van der Waals surface area contributed by atoms with Gasteiger partial charge in [0, 0.05) is 48.7 Å². The number of β-amino-alcohol motifs (C(OH)–C–C–N with tert-alkyl or cyclic N) is 1. The number of fused-ring (bicyclic) bond motifs is 1. The fraction of sp³-hybridized carbons (Fsp3) is 0.520. The second-order valence-electron chi connectivity index (χ2n) is 19.6. The van der Waals surface area contributed by atoms with Crippen molar-refractivity contribution in [1.82, 2.24) is 55.2 Å². The summed E-state index contributed by atoms with van der Waals surface area (Å²) in [5.74, 6) is 0.673. The maximum absolute atomic E-state index is 14.3. The Labute approximate surface area is 426 Å². The van der Waals surface area contributed by atoms with Crippen molar-refractivity contribution >= 4 is 45.4 Å². The number of nitriles is 1. The molecular formula is C50H62N14O6S2. The number of nitrogens with two attached hydrogens (primary N) is 1. The van der Waals surface area contributed by atoms with Crippen LogP contribution in [0.2, 0.25) is 0 Å². The van der Waals surface area contributed by atoms with Crippen LogP contribution in [0.4, 0.5) is 10.9 Å². The van der Waals surface area contributed by atoms with Crippen molar-refractivity contribution in [1.29, 1.82) is 5.26 Å². The first-order valence-corrected chi connectivity index (χ1v) is 26.4. The highest BCUT2D eigenvalue weighted by Crippen LogP contribution is 2.48. The third kappa shape index (κ3) is 10.4. The van der Waals surface area contributed by atoms with Gasteiger partial charge in [0.05, 0.1) is 58.6 Å². The van der Waals surface area contributed by atoms with Crippen LogP contribution in [0.1, 0.15) is 111 Å². The van der Waals surface area contributed by atoms with Gasteiger partial charge in [0.2, 0.25) is 29.5 Å². The average molecular weight is 1020 g/mol. The molecule has 0 unspecified atom stereocenters. The first-order valence-electron chi connectivity index (χ1n) is 24.7. The van der Waals surface area contributed by atoms with Crippen LogP contribution in [0, 0.1) is 24.2 Å². The number of aliphatic hydroxyl groups is 2. The number of aromatic nitrogens is 8. The summed E-state index contributed by atoms with van der Waals surface area (Å²) in [6, 6.07) is 9.36.